The Hall–Kier alpha value is -0.910. The highest BCUT2D eigenvalue weighted by Gasteiger charge is 2.22. The van der Waals surface area contributed by atoms with Crippen molar-refractivity contribution in [1.82, 2.24) is 4.90 Å². The number of carbonyl (C=O) groups excluding carboxylic acids is 1. The topological polar surface area (TPSA) is 38.8 Å². The molecule has 0 radical (unpaired) electrons. The van der Waals surface area contributed by atoms with Crippen LogP contribution in [-0.2, 0) is 16.0 Å². The Kier molecular flexibility index (Phi) is 4.74. The van der Waals surface area contributed by atoms with Crippen LogP contribution < -0.4 is 0 Å². The van der Waals surface area contributed by atoms with E-state index in [1.165, 1.54) is 18.4 Å². The molecular weight excluding hydrogens is 250 g/mol. The minimum Gasteiger partial charge on any atom is -0.465 e. The zero-order valence-corrected chi connectivity index (χ0v) is 11.7. The number of hydrogen-bond donors (Lipinski definition) is 0. The smallest absolute Gasteiger partial charge is 0.348 e. The molecule has 5 heteroatoms. The molecule has 1 aromatic heterocycles. The molecule has 0 unspecified atom stereocenters. The average Bonchev–Trinajstić information content (AvgIpc) is 2.86. The number of methoxy groups -OCH3 is 2. The number of piperidine rings is 1. The van der Waals surface area contributed by atoms with Crippen molar-refractivity contribution < 1.29 is 14.3 Å². The Morgan fingerprint density at radius 2 is 2.39 bits per heavy atom. The summed E-state index contributed by atoms with van der Waals surface area (Å²) in [5.41, 5.74) is 1.06. The van der Waals surface area contributed by atoms with Gasteiger partial charge in [-0.1, -0.05) is 0 Å². The maximum atomic E-state index is 11.6. The summed E-state index contributed by atoms with van der Waals surface area (Å²) in [7, 11) is 3.19. The number of rotatable bonds is 4. The number of carbonyl (C=O) groups is 1. The van der Waals surface area contributed by atoms with Gasteiger partial charge in [0, 0.05) is 20.2 Å². The molecule has 18 heavy (non-hydrogen) atoms. The van der Waals surface area contributed by atoms with Crippen LogP contribution in [0, 0.1) is 0 Å². The zero-order valence-electron chi connectivity index (χ0n) is 10.8. The second-order valence-corrected chi connectivity index (χ2v) is 5.42. The van der Waals surface area contributed by atoms with Crippen LogP contribution in [0.15, 0.2) is 11.4 Å². The number of thiophene rings is 1. The van der Waals surface area contributed by atoms with E-state index in [0.717, 1.165) is 42.9 Å². The van der Waals surface area contributed by atoms with Crippen molar-refractivity contribution in [3.8, 4) is 0 Å². The number of ether oxygens (including phenoxy) is 2. The van der Waals surface area contributed by atoms with Gasteiger partial charge in [-0.3, -0.25) is 4.90 Å². The van der Waals surface area contributed by atoms with Gasteiger partial charge in [-0.2, -0.15) is 0 Å². The van der Waals surface area contributed by atoms with E-state index in [2.05, 4.69) is 4.90 Å². The maximum absolute atomic E-state index is 11.6. The summed E-state index contributed by atoms with van der Waals surface area (Å²) in [5, 5.41) is 1.94. The van der Waals surface area contributed by atoms with Gasteiger partial charge in [-0.15, -0.1) is 11.3 Å². The van der Waals surface area contributed by atoms with E-state index in [0.29, 0.717) is 6.10 Å². The molecule has 1 aliphatic rings. The molecule has 0 bridgehead atoms. The van der Waals surface area contributed by atoms with Crippen molar-refractivity contribution >= 4 is 17.3 Å². The Labute approximate surface area is 111 Å². The summed E-state index contributed by atoms with van der Waals surface area (Å²) in [6.07, 6.45) is 2.59. The van der Waals surface area contributed by atoms with Crippen molar-refractivity contribution in [3.63, 3.8) is 0 Å². The third kappa shape index (κ3) is 3.10. The number of nitrogens with zero attached hydrogens (tertiary/aromatic N) is 1. The maximum Gasteiger partial charge on any atom is 0.348 e. The fourth-order valence-corrected chi connectivity index (χ4v) is 3.15. The minimum atomic E-state index is -0.236. The molecule has 1 fully saturated rings. The predicted octanol–water partition coefficient (Wildman–Crippen LogP) is 2.15. The molecule has 4 nitrogen and oxygen atoms in total. The molecule has 0 amide bonds. The lowest BCUT2D eigenvalue weighted by Crippen LogP contribution is -2.38. The molecule has 0 N–H and O–H groups in total. The van der Waals surface area contributed by atoms with Crippen LogP contribution in [0.25, 0.3) is 0 Å². The number of hydrogen-bond acceptors (Lipinski definition) is 5. The number of esters is 1. The second kappa shape index (κ2) is 6.31. The standard InChI is InChI=1S/C13H19NO3S/c1-16-11-4-3-6-14(9-11)8-10-5-7-18-12(10)13(15)17-2/h5,7,11H,3-4,6,8-9H2,1-2H3/t11-/m1/s1. The van der Waals surface area contributed by atoms with Crippen molar-refractivity contribution in [2.75, 3.05) is 27.3 Å². The lowest BCUT2D eigenvalue weighted by Gasteiger charge is -2.31. The first kappa shape index (κ1) is 13.5. The van der Waals surface area contributed by atoms with E-state index >= 15 is 0 Å². The average molecular weight is 269 g/mol. The molecule has 1 aromatic rings. The predicted molar refractivity (Wildman–Crippen MR) is 71.0 cm³/mol. The summed E-state index contributed by atoms with van der Waals surface area (Å²) in [6, 6.07) is 2.01. The van der Waals surface area contributed by atoms with Crippen molar-refractivity contribution in [3.05, 3.63) is 21.9 Å². The fraction of sp³-hybridized carbons (Fsp3) is 0.615. The molecular formula is C13H19NO3S. The molecule has 1 aliphatic heterocycles. The van der Waals surface area contributed by atoms with E-state index in [1.807, 2.05) is 11.4 Å². The van der Waals surface area contributed by atoms with Crippen LogP contribution in [0.3, 0.4) is 0 Å². The van der Waals surface area contributed by atoms with Gasteiger partial charge in [-0.05, 0) is 36.4 Å². The molecule has 1 saturated heterocycles. The first-order chi connectivity index (χ1) is 8.74. The molecule has 0 spiro atoms. The molecule has 2 heterocycles. The summed E-state index contributed by atoms with van der Waals surface area (Å²) in [6.45, 7) is 2.80. The van der Waals surface area contributed by atoms with Crippen LogP contribution in [0.1, 0.15) is 28.1 Å². The van der Waals surface area contributed by atoms with Crippen molar-refractivity contribution in [2.24, 2.45) is 0 Å². The lowest BCUT2D eigenvalue weighted by molar-refractivity contribution is 0.0284. The van der Waals surface area contributed by atoms with Crippen LogP contribution >= 0.6 is 11.3 Å². The Morgan fingerprint density at radius 1 is 1.56 bits per heavy atom. The summed E-state index contributed by atoms with van der Waals surface area (Å²) in [5.74, 6) is -0.236. The van der Waals surface area contributed by atoms with Gasteiger partial charge in [0.05, 0.1) is 13.2 Å². The molecule has 2 rings (SSSR count). The van der Waals surface area contributed by atoms with E-state index in [-0.39, 0.29) is 5.97 Å². The Morgan fingerprint density at radius 3 is 3.11 bits per heavy atom. The van der Waals surface area contributed by atoms with Gasteiger partial charge in [0.2, 0.25) is 0 Å². The van der Waals surface area contributed by atoms with Gasteiger partial charge in [-0.25, -0.2) is 4.79 Å². The minimum absolute atomic E-state index is 0.236. The monoisotopic (exact) mass is 269 g/mol. The Balaban J connectivity index is 2.00. The first-order valence-electron chi connectivity index (χ1n) is 6.14. The van der Waals surface area contributed by atoms with Gasteiger partial charge >= 0.3 is 5.97 Å². The van der Waals surface area contributed by atoms with Gasteiger partial charge in [0.1, 0.15) is 4.88 Å². The first-order valence-corrected chi connectivity index (χ1v) is 7.02. The highest BCUT2D eigenvalue weighted by molar-refractivity contribution is 7.12. The fourth-order valence-electron chi connectivity index (χ4n) is 2.32. The summed E-state index contributed by atoms with van der Waals surface area (Å²) >= 11 is 1.44. The van der Waals surface area contributed by atoms with Crippen LogP contribution in [0.4, 0.5) is 0 Å². The quantitative estimate of drug-likeness (QED) is 0.785. The lowest BCUT2D eigenvalue weighted by atomic mass is 10.1. The third-order valence-corrected chi connectivity index (χ3v) is 4.24. The zero-order chi connectivity index (χ0) is 13.0. The van der Waals surface area contributed by atoms with E-state index < -0.39 is 0 Å². The second-order valence-electron chi connectivity index (χ2n) is 4.50. The van der Waals surface area contributed by atoms with Crippen molar-refractivity contribution in [1.29, 1.82) is 0 Å². The molecule has 100 valence electrons. The SMILES string of the molecule is COC(=O)c1sccc1CN1CCC[C@@H](OC)C1. The Bertz CT molecular complexity index is 405. The summed E-state index contributed by atoms with van der Waals surface area (Å²) < 4.78 is 10.2. The van der Waals surface area contributed by atoms with Gasteiger partial charge < -0.3 is 9.47 Å². The number of likely N-dealkylation sites (tertiary alicyclic amines) is 1. The van der Waals surface area contributed by atoms with Gasteiger partial charge in [0.15, 0.2) is 0 Å². The van der Waals surface area contributed by atoms with E-state index in [9.17, 15) is 4.79 Å². The largest absolute Gasteiger partial charge is 0.465 e. The van der Waals surface area contributed by atoms with E-state index in [1.54, 1.807) is 7.11 Å². The van der Waals surface area contributed by atoms with Crippen LogP contribution in [-0.4, -0.2) is 44.3 Å². The molecule has 1 atom stereocenters. The van der Waals surface area contributed by atoms with Crippen LogP contribution in [0.2, 0.25) is 0 Å². The summed E-state index contributed by atoms with van der Waals surface area (Å²) in [4.78, 5) is 14.7. The van der Waals surface area contributed by atoms with E-state index in [4.69, 9.17) is 9.47 Å². The van der Waals surface area contributed by atoms with Crippen LogP contribution in [0.5, 0.6) is 0 Å². The van der Waals surface area contributed by atoms with Crippen molar-refractivity contribution in [2.45, 2.75) is 25.5 Å². The highest BCUT2D eigenvalue weighted by Crippen LogP contribution is 2.22. The molecule has 0 saturated carbocycles. The molecule has 0 aromatic carbocycles. The third-order valence-electron chi connectivity index (χ3n) is 3.31. The normalized spacial score (nSPS) is 20.9. The molecule has 0 aliphatic carbocycles. The van der Waals surface area contributed by atoms with Gasteiger partial charge in [0.25, 0.3) is 0 Å². The highest BCUT2D eigenvalue weighted by atomic mass is 32.1.